The van der Waals surface area contributed by atoms with Gasteiger partial charge in [0.2, 0.25) is 11.8 Å². The highest BCUT2D eigenvalue weighted by molar-refractivity contribution is 5.86. The summed E-state index contributed by atoms with van der Waals surface area (Å²) >= 11 is 0. The predicted octanol–water partition coefficient (Wildman–Crippen LogP) is 0.361. The summed E-state index contributed by atoms with van der Waals surface area (Å²) in [6, 6.07) is 0. The Morgan fingerprint density at radius 2 is 2.11 bits per heavy atom. The van der Waals surface area contributed by atoms with E-state index in [1.165, 1.54) is 0 Å². The first kappa shape index (κ1) is 14.3. The van der Waals surface area contributed by atoms with Gasteiger partial charge in [0.1, 0.15) is 0 Å². The molecule has 0 aromatic rings. The molecule has 2 N–H and O–H groups in total. The molecule has 0 aromatic carbocycles. The van der Waals surface area contributed by atoms with E-state index >= 15 is 0 Å². The van der Waals surface area contributed by atoms with Crippen LogP contribution in [0, 0.1) is 11.3 Å². The molecule has 0 aromatic heterocycles. The molecule has 0 aliphatic carbocycles. The maximum absolute atomic E-state index is 12.0. The monoisotopic (exact) mass is 267 g/mol. The van der Waals surface area contributed by atoms with Crippen LogP contribution in [0.4, 0.5) is 0 Å². The van der Waals surface area contributed by atoms with Crippen LogP contribution in [0.3, 0.4) is 0 Å². The number of carbonyl (C=O) groups excluding carboxylic acids is 2. The Morgan fingerprint density at radius 1 is 1.42 bits per heavy atom. The largest absolute Gasteiger partial charge is 0.354 e. The van der Waals surface area contributed by atoms with Crippen molar-refractivity contribution in [2.24, 2.45) is 11.3 Å². The van der Waals surface area contributed by atoms with Crippen LogP contribution in [-0.4, -0.2) is 49.4 Å². The van der Waals surface area contributed by atoms with Crippen molar-refractivity contribution >= 4 is 11.8 Å². The first-order chi connectivity index (χ1) is 9.01. The van der Waals surface area contributed by atoms with E-state index in [9.17, 15) is 9.59 Å². The van der Waals surface area contributed by atoms with Crippen LogP contribution >= 0.6 is 0 Å². The fourth-order valence-electron chi connectivity index (χ4n) is 2.96. The molecule has 0 bridgehead atoms. The third-order valence-electron chi connectivity index (χ3n) is 4.11. The predicted molar refractivity (Wildman–Crippen MR) is 73.6 cm³/mol. The highest BCUT2D eigenvalue weighted by Gasteiger charge is 2.43. The molecule has 0 unspecified atom stereocenters. The summed E-state index contributed by atoms with van der Waals surface area (Å²) in [5, 5.41) is 6.21. The van der Waals surface area contributed by atoms with Crippen molar-refractivity contribution in [1.29, 1.82) is 0 Å². The van der Waals surface area contributed by atoms with Gasteiger partial charge in [0, 0.05) is 19.5 Å². The number of rotatable bonds is 4. The number of nitrogens with zero attached hydrogens (tertiary/aromatic N) is 1. The van der Waals surface area contributed by atoms with Crippen molar-refractivity contribution in [3.8, 4) is 0 Å². The Hall–Kier alpha value is -1.10. The molecular formula is C14H25N3O2. The zero-order chi connectivity index (χ0) is 13.9. The molecule has 2 aliphatic heterocycles. The van der Waals surface area contributed by atoms with Crippen LogP contribution in [0.5, 0.6) is 0 Å². The van der Waals surface area contributed by atoms with Gasteiger partial charge in [-0.15, -0.1) is 0 Å². The molecule has 2 rings (SSSR count). The lowest BCUT2D eigenvalue weighted by atomic mass is 9.78. The molecule has 2 saturated heterocycles. The number of hydrogen-bond donors (Lipinski definition) is 2. The van der Waals surface area contributed by atoms with E-state index in [2.05, 4.69) is 24.5 Å². The van der Waals surface area contributed by atoms with Crippen LogP contribution in [0.1, 0.15) is 33.1 Å². The van der Waals surface area contributed by atoms with E-state index in [-0.39, 0.29) is 23.8 Å². The number of hydrogen-bond acceptors (Lipinski definition) is 3. The van der Waals surface area contributed by atoms with Crippen molar-refractivity contribution < 1.29 is 9.59 Å². The van der Waals surface area contributed by atoms with Crippen LogP contribution in [0.15, 0.2) is 0 Å². The number of likely N-dealkylation sites (tertiary alicyclic amines) is 1. The molecule has 0 radical (unpaired) electrons. The highest BCUT2D eigenvalue weighted by atomic mass is 16.2. The second-order valence-corrected chi connectivity index (χ2v) is 6.37. The molecular weight excluding hydrogens is 242 g/mol. The standard InChI is InChI=1S/C14H25N3O2/c1-11(2)8-16-12(18)9-17-10-14(7-13(17)19)3-5-15-6-4-14/h11,15H,3-10H2,1-2H3,(H,16,18). The van der Waals surface area contributed by atoms with Gasteiger partial charge in [-0.05, 0) is 37.3 Å². The lowest BCUT2D eigenvalue weighted by Gasteiger charge is -2.33. The van der Waals surface area contributed by atoms with Crippen molar-refractivity contribution in [2.45, 2.75) is 33.1 Å². The van der Waals surface area contributed by atoms with Crippen molar-refractivity contribution in [3.63, 3.8) is 0 Å². The van der Waals surface area contributed by atoms with Gasteiger partial charge in [-0.2, -0.15) is 0 Å². The van der Waals surface area contributed by atoms with Crippen LogP contribution in [0.2, 0.25) is 0 Å². The lowest BCUT2D eigenvalue weighted by molar-refractivity contribution is -0.133. The van der Waals surface area contributed by atoms with E-state index in [4.69, 9.17) is 0 Å². The Balaban J connectivity index is 1.84. The van der Waals surface area contributed by atoms with Gasteiger partial charge in [0.05, 0.1) is 6.54 Å². The van der Waals surface area contributed by atoms with Crippen LogP contribution in [-0.2, 0) is 9.59 Å². The Bertz CT molecular complexity index is 349. The van der Waals surface area contributed by atoms with E-state index in [0.29, 0.717) is 18.9 Å². The smallest absolute Gasteiger partial charge is 0.239 e. The minimum atomic E-state index is -0.0342. The average Bonchev–Trinajstić information content (AvgIpc) is 2.64. The van der Waals surface area contributed by atoms with Crippen molar-refractivity contribution in [3.05, 3.63) is 0 Å². The van der Waals surface area contributed by atoms with Gasteiger partial charge in [-0.1, -0.05) is 13.8 Å². The Labute approximate surface area is 115 Å². The normalized spacial score (nSPS) is 22.3. The SMILES string of the molecule is CC(C)CNC(=O)CN1CC2(CCNCC2)CC1=O. The molecule has 0 saturated carbocycles. The number of amides is 2. The van der Waals surface area contributed by atoms with Gasteiger partial charge in [-0.25, -0.2) is 0 Å². The molecule has 2 aliphatic rings. The molecule has 2 amide bonds. The van der Waals surface area contributed by atoms with Gasteiger partial charge >= 0.3 is 0 Å². The lowest BCUT2D eigenvalue weighted by Crippen LogP contribution is -2.42. The summed E-state index contributed by atoms with van der Waals surface area (Å²) in [5.74, 6) is 0.545. The molecule has 2 heterocycles. The molecule has 1 spiro atoms. The van der Waals surface area contributed by atoms with E-state index in [1.807, 2.05) is 0 Å². The van der Waals surface area contributed by atoms with Crippen LogP contribution < -0.4 is 10.6 Å². The molecule has 2 fully saturated rings. The maximum Gasteiger partial charge on any atom is 0.239 e. The van der Waals surface area contributed by atoms with Crippen LogP contribution in [0.25, 0.3) is 0 Å². The third kappa shape index (κ3) is 3.69. The Morgan fingerprint density at radius 3 is 2.74 bits per heavy atom. The summed E-state index contributed by atoms with van der Waals surface area (Å²) in [6.07, 6.45) is 2.71. The average molecular weight is 267 g/mol. The first-order valence-electron chi connectivity index (χ1n) is 7.26. The molecule has 108 valence electrons. The minimum absolute atomic E-state index is 0.0342. The number of nitrogens with one attached hydrogen (secondary N) is 2. The van der Waals surface area contributed by atoms with Gasteiger partial charge in [0.25, 0.3) is 0 Å². The Kier molecular flexibility index (Phi) is 4.45. The van der Waals surface area contributed by atoms with Gasteiger partial charge in [-0.3, -0.25) is 9.59 Å². The summed E-state index contributed by atoms with van der Waals surface area (Å²) < 4.78 is 0. The van der Waals surface area contributed by atoms with E-state index in [1.54, 1.807) is 4.90 Å². The van der Waals surface area contributed by atoms with E-state index in [0.717, 1.165) is 32.5 Å². The van der Waals surface area contributed by atoms with Crippen molar-refractivity contribution in [2.75, 3.05) is 32.7 Å². The minimum Gasteiger partial charge on any atom is -0.354 e. The summed E-state index contributed by atoms with van der Waals surface area (Å²) in [7, 11) is 0. The zero-order valence-electron chi connectivity index (χ0n) is 12.0. The molecule has 19 heavy (non-hydrogen) atoms. The number of carbonyl (C=O) groups is 2. The zero-order valence-corrected chi connectivity index (χ0v) is 12.0. The summed E-state index contributed by atoms with van der Waals surface area (Å²) in [5.41, 5.74) is 0.126. The summed E-state index contributed by atoms with van der Waals surface area (Å²) in [6.45, 7) is 7.75. The van der Waals surface area contributed by atoms with E-state index < -0.39 is 0 Å². The molecule has 5 heteroatoms. The summed E-state index contributed by atoms with van der Waals surface area (Å²) in [4.78, 5) is 25.6. The quantitative estimate of drug-likeness (QED) is 0.773. The molecule has 0 atom stereocenters. The highest BCUT2D eigenvalue weighted by Crippen LogP contribution is 2.38. The number of piperidine rings is 1. The topological polar surface area (TPSA) is 61.4 Å². The van der Waals surface area contributed by atoms with Crippen molar-refractivity contribution in [1.82, 2.24) is 15.5 Å². The van der Waals surface area contributed by atoms with Gasteiger partial charge in [0.15, 0.2) is 0 Å². The molecule has 5 nitrogen and oxygen atoms in total. The second kappa shape index (κ2) is 5.90. The maximum atomic E-state index is 12.0. The fourth-order valence-corrected chi connectivity index (χ4v) is 2.96. The second-order valence-electron chi connectivity index (χ2n) is 6.37. The first-order valence-corrected chi connectivity index (χ1v) is 7.26. The fraction of sp³-hybridized carbons (Fsp3) is 0.857. The third-order valence-corrected chi connectivity index (χ3v) is 4.11. The van der Waals surface area contributed by atoms with Gasteiger partial charge < -0.3 is 15.5 Å².